The first kappa shape index (κ1) is 20.6. The van der Waals surface area contributed by atoms with Crippen LogP contribution in [0, 0.1) is 0 Å². The molecule has 1 aromatic heterocycles. The van der Waals surface area contributed by atoms with Gasteiger partial charge in [0.25, 0.3) is 11.8 Å². The van der Waals surface area contributed by atoms with Gasteiger partial charge >= 0.3 is 0 Å². The lowest BCUT2D eigenvalue weighted by Gasteiger charge is -2.27. The van der Waals surface area contributed by atoms with Crippen LogP contribution in [0.25, 0.3) is 10.8 Å². The molecule has 164 valence electrons. The zero-order chi connectivity index (χ0) is 22.8. The number of anilines is 1. The fourth-order valence-corrected chi connectivity index (χ4v) is 4.23. The molecule has 2 heterocycles. The van der Waals surface area contributed by atoms with Crippen LogP contribution < -0.4 is 5.32 Å². The van der Waals surface area contributed by atoms with Crippen LogP contribution >= 0.6 is 0 Å². The van der Waals surface area contributed by atoms with Crippen molar-refractivity contribution in [1.29, 1.82) is 0 Å². The Morgan fingerprint density at radius 2 is 1.64 bits per heavy atom. The van der Waals surface area contributed by atoms with Gasteiger partial charge in [-0.15, -0.1) is 0 Å². The van der Waals surface area contributed by atoms with Crippen LogP contribution in [0.2, 0.25) is 0 Å². The lowest BCUT2D eigenvalue weighted by atomic mass is 9.94. The molecule has 0 aliphatic carbocycles. The number of amides is 3. The van der Waals surface area contributed by atoms with Crippen molar-refractivity contribution in [1.82, 2.24) is 14.7 Å². The van der Waals surface area contributed by atoms with Crippen LogP contribution in [0.1, 0.15) is 39.1 Å². The van der Waals surface area contributed by atoms with Crippen LogP contribution in [-0.2, 0) is 11.3 Å². The molecule has 7 nitrogen and oxygen atoms in total. The molecule has 0 unspecified atom stereocenters. The highest BCUT2D eigenvalue weighted by Crippen LogP contribution is 2.30. The second-order valence-electron chi connectivity index (χ2n) is 8.03. The average molecular weight is 438 g/mol. The van der Waals surface area contributed by atoms with E-state index in [0.29, 0.717) is 35.2 Å². The monoisotopic (exact) mass is 438 g/mol. The van der Waals surface area contributed by atoms with E-state index < -0.39 is 0 Å². The van der Waals surface area contributed by atoms with Gasteiger partial charge in [0.15, 0.2) is 0 Å². The first-order chi connectivity index (χ1) is 16.1. The summed E-state index contributed by atoms with van der Waals surface area (Å²) in [5.41, 5.74) is 2.78. The highest BCUT2D eigenvalue weighted by molar-refractivity contribution is 6.25. The van der Waals surface area contributed by atoms with E-state index in [1.54, 1.807) is 18.3 Å². The quantitative estimate of drug-likeness (QED) is 0.440. The van der Waals surface area contributed by atoms with Gasteiger partial charge in [-0.3, -0.25) is 24.0 Å². The Bertz CT molecular complexity index is 1310. The van der Waals surface area contributed by atoms with Crippen molar-refractivity contribution < 1.29 is 14.4 Å². The molecule has 4 aromatic rings. The summed E-state index contributed by atoms with van der Waals surface area (Å²) in [7, 11) is 0. The summed E-state index contributed by atoms with van der Waals surface area (Å²) in [6.07, 6.45) is 4.19. The van der Waals surface area contributed by atoms with E-state index in [4.69, 9.17) is 0 Å². The third-order valence-corrected chi connectivity index (χ3v) is 5.76. The predicted molar refractivity (Wildman–Crippen MR) is 125 cm³/mol. The van der Waals surface area contributed by atoms with E-state index in [9.17, 15) is 14.4 Å². The third kappa shape index (κ3) is 4.13. The molecule has 1 aliphatic heterocycles. The number of imide groups is 1. The largest absolute Gasteiger partial charge is 0.326 e. The van der Waals surface area contributed by atoms with Crippen LogP contribution in [0.3, 0.4) is 0 Å². The molecule has 3 amide bonds. The number of nitrogens with zero attached hydrogens (tertiary/aromatic N) is 3. The minimum atomic E-state index is -0.309. The second kappa shape index (κ2) is 8.70. The Labute approximate surface area is 190 Å². The number of nitrogens with one attached hydrogen (secondary N) is 1. The van der Waals surface area contributed by atoms with Gasteiger partial charge in [0.1, 0.15) is 0 Å². The van der Waals surface area contributed by atoms with Gasteiger partial charge in [-0.1, -0.05) is 36.4 Å². The van der Waals surface area contributed by atoms with Crippen molar-refractivity contribution >= 4 is 34.2 Å². The van der Waals surface area contributed by atoms with Gasteiger partial charge in [0.05, 0.1) is 6.54 Å². The highest BCUT2D eigenvalue weighted by Gasteiger charge is 2.32. The minimum Gasteiger partial charge on any atom is -0.326 e. The van der Waals surface area contributed by atoms with Crippen molar-refractivity contribution in [3.05, 3.63) is 95.8 Å². The number of carbonyl (C=O) groups excluding carboxylic acids is 3. The molecule has 33 heavy (non-hydrogen) atoms. The summed E-state index contributed by atoms with van der Waals surface area (Å²) < 4.78 is 1.81. The van der Waals surface area contributed by atoms with Gasteiger partial charge in [-0.2, -0.15) is 5.10 Å². The van der Waals surface area contributed by atoms with Crippen molar-refractivity contribution in [2.45, 2.75) is 19.4 Å². The molecule has 0 bridgehead atoms. The molecule has 7 heteroatoms. The first-order valence-electron chi connectivity index (χ1n) is 10.8. The molecule has 0 atom stereocenters. The zero-order valence-corrected chi connectivity index (χ0v) is 17.9. The van der Waals surface area contributed by atoms with E-state index in [1.807, 2.05) is 65.5 Å². The molecular weight excluding hydrogens is 416 g/mol. The van der Waals surface area contributed by atoms with Crippen LogP contribution in [0.5, 0.6) is 0 Å². The Morgan fingerprint density at radius 3 is 2.33 bits per heavy atom. The topological polar surface area (TPSA) is 84.3 Å². The minimum absolute atomic E-state index is 0.161. The first-order valence-corrected chi connectivity index (χ1v) is 10.8. The van der Waals surface area contributed by atoms with Crippen molar-refractivity contribution in [3.63, 3.8) is 0 Å². The summed E-state index contributed by atoms with van der Waals surface area (Å²) in [4.78, 5) is 39.6. The van der Waals surface area contributed by atoms with E-state index >= 15 is 0 Å². The van der Waals surface area contributed by atoms with Gasteiger partial charge in [0, 0.05) is 47.6 Å². The Morgan fingerprint density at radius 1 is 0.909 bits per heavy atom. The summed E-state index contributed by atoms with van der Waals surface area (Å²) in [6.45, 7) is 0.805. The molecule has 0 spiro atoms. The predicted octanol–water partition coefficient (Wildman–Crippen LogP) is 4.10. The molecule has 0 saturated carbocycles. The number of aromatic nitrogens is 2. The maximum atomic E-state index is 12.9. The van der Waals surface area contributed by atoms with E-state index in [-0.39, 0.29) is 30.7 Å². The molecule has 0 saturated heterocycles. The van der Waals surface area contributed by atoms with E-state index in [0.717, 1.165) is 10.9 Å². The summed E-state index contributed by atoms with van der Waals surface area (Å²) in [6, 6.07) is 20.4. The number of rotatable bonds is 7. The summed E-state index contributed by atoms with van der Waals surface area (Å²) in [5.74, 6) is -0.780. The lowest BCUT2D eigenvalue weighted by molar-refractivity contribution is -0.116. The van der Waals surface area contributed by atoms with Gasteiger partial charge in [-0.25, -0.2) is 0 Å². The second-order valence-corrected chi connectivity index (χ2v) is 8.03. The SMILES string of the molecule is O=C(CCCN1C(=O)c2cccc3cccc(c23)C1=O)Nc1cccc(Cn2cccn2)c1. The summed E-state index contributed by atoms with van der Waals surface area (Å²) >= 11 is 0. The highest BCUT2D eigenvalue weighted by atomic mass is 16.2. The van der Waals surface area contributed by atoms with Crippen LogP contribution in [-0.4, -0.2) is 38.9 Å². The molecule has 0 fully saturated rings. The number of carbonyl (C=O) groups is 3. The smallest absolute Gasteiger partial charge is 0.261 e. The lowest BCUT2D eigenvalue weighted by Crippen LogP contribution is -2.41. The van der Waals surface area contributed by atoms with Crippen molar-refractivity contribution in [2.24, 2.45) is 0 Å². The number of hydrogen-bond donors (Lipinski definition) is 1. The van der Waals surface area contributed by atoms with Gasteiger partial charge in [0.2, 0.25) is 5.91 Å². The fraction of sp³-hybridized carbons (Fsp3) is 0.154. The maximum absolute atomic E-state index is 12.9. The number of benzene rings is 3. The normalized spacial score (nSPS) is 12.9. The summed E-state index contributed by atoms with van der Waals surface area (Å²) in [5, 5.41) is 8.67. The third-order valence-electron chi connectivity index (χ3n) is 5.76. The molecule has 1 aliphatic rings. The maximum Gasteiger partial charge on any atom is 0.261 e. The Hall–Kier alpha value is -4.26. The van der Waals surface area contributed by atoms with E-state index in [2.05, 4.69) is 10.4 Å². The molecule has 5 rings (SSSR count). The zero-order valence-electron chi connectivity index (χ0n) is 17.9. The van der Waals surface area contributed by atoms with Crippen LogP contribution in [0.15, 0.2) is 79.1 Å². The van der Waals surface area contributed by atoms with Gasteiger partial charge in [-0.05, 0) is 47.7 Å². The Kier molecular flexibility index (Phi) is 5.44. The van der Waals surface area contributed by atoms with Gasteiger partial charge < -0.3 is 5.32 Å². The molecular formula is C26H22N4O3. The average Bonchev–Trinajstić information content (AvgIpc) is 3.33. The molecule has 3 aromatic carbocycles. The van der Waals surface area contributed by atoms with Crippen molar-refractivity contribution in [2.75, 3.05) is 11.9 Å². The molecule has 1 N–H and O–H groups in total. The Balaban J connectivity index is 1.20. The van der Waals surface area contributed by atoms with Crippen molar-refractivity contribution in [3.8, 4) is 0 Å². The number of hydrogen-bond acceptors (Lipinski definition) is 4. The van der Waals surface area contributed by atoms with Crippen LogP contribution in [0.4, 0.5) is 5.69 Å². The molecule has 0 radical (unpaired) electrons. The fourth-order valence-electron chi connectivity index (χ4n) is 4.23. The standard InChI is InChI=1S/C26H22N4O3/c31-23(28-20-9-1-6-18(16-20)17-29-14-5-13-27-29)12-4-15-30-25(32)21-10-2-7-19-8-3-11-22(24(19)21)26(30)33/h1-3,5-11,13-14,16H,4,12,15,17H2,(H,28,31). The van der Waals surface area contributed by atoms with E-state index in [1.165, 1.54) is 4.90 Å².